The third-order valence-corrected chi connectivity index (χ3v) is 6.45. The van der Waals surface area contributed by atoms with Gasteiger partial charge in [0, 0.05) is 37.3 Å². The smallest absolute Gasteiger partial charge is 0.204 e. The van der Waals surface area contributed by atoms with Gasteiger partial charge in [-0.15, -0.1) is 0 Å². The molecule has 1 atom stereocenters. The Morgan fingerprint density at radius 2 is 2.03 bits per heavy atom. The van der Waals surface area contributed by atoms with Gasteiger partial charge in [0.1, 0.15) is 24.8 Å². The van der Waals surface area contributed by atoms with E-state index in [9.17, 15) is 4.39 Å². The molecule has 1 unspecified atom stereocenters. The summed E-state index contributed by atoms with van der Waals surface area (Å²) < 4.78 is 38.4. The van der Waals surface area contributed by atoms with Crippen LogP contribution in [0.3, 0.4) is 0 Å². The van der Waals surface area contributed by atoms with Gasteiger partial charge in [0.2, 0.25) is 5.75 Å². The number of hydrogen-bond donors (Lipinski definition) is 1. The second-order valence-corrected chi connectivity index (χ2v) is 8.80. The monoisotopic (exact) mass is 455 g/mol. The molecule has 1 aliphatic heterocycles. The zero-order valence-electron chi connectivity index (χ0n) is 18.9. The highest BCUT2D eigenvalue weighted by Gasteiger charge is 2.26. The molecule has 0 saturated heterocycles. The number of allylic oxidation sites excluding steroid dienone is 1. The highest BCUT2D eigenvalue weighted by molar-refractivity contribution is 5.95. The summed E-state index contributed by atoms with van der Waals surface area (Å²) in [6.45, 7) is 2.39. The predicted octanol–water partition coefficient (Wildman–Crippen LogP) is 4.11. The zero-order chi connectivity index (χ0) is 22.8. The van der Waals surface area contributed by atoms with E-state index >= 15 is 0 Å². The molecule has 0 spiro atoms. The zero-order valence-corrected chi connectivity index (χ0v) is 18.9. The SMILES string of the molecule is CN(CCCOc1cc2nccc(OC3=C(F)CC(N)C=C3)c2c2c1OCCO2)C1CCC1. The molecule has 0 bridgehead atoms. The summed E-state index contributed by atoms with van der Waals surface area (Å²) in [5, 5.41) is 0.632. The van der Waals surface area contributed by atoms with E-state index in [-0.39, 0.29) is 24.0 Å². The fraction of sp³-hybridized carbons (Fsp3) is 0.480. The molecule has 7 nitrogen and oxygen atoms in total. The van der Waals surface area contributed by atoms with Crippen molar-refractivity contribution in [3.63, 3.8) is 0 Å². The fourth-order valence-corrected chi connectivity index (χ4v) is 4.36. The van der Waals surface area contributed by atoms with Crippen LogP contribution in [0.1, 0.15) is 32.1 Å². The Morgan fingerprint density at radius 3 is 2.79 bits per heavy atom. The summed E-state index contributed by atoms with van der Waals surface area (Å²) >= 11 is 0. The van der Waals surface area contributed by atoms with Crippen LogP contribution in [0.5, 0.6) is 23.0 Å². The lowest BCUT2D eigenvalue weighted by atomic mass is 9.92. The molecule has 3 aliphatic rings. The van der Waals surface area contributed by atoms with Crippen molar-refractivity contribution in [2.24, 2.45) is 5.73 Å². The fourth-order valence-electron chi connectivity index (χ4n) is 4.36. The maximum Gasteiger partial charge on any atom is 0.204 e. The standard InChI is InChI=1S/C25H30FN3O4/c1-29(17-4-2-5-17)10-3-11-30-22-15-19-23(25-24(22)31-12-13-32-25)21(8-9-28-19)33-20-7-6-16(27)14-18(20)26/h6-9,15-17H,2-5,10-14,27H2,1H3. The predicted molar refractivity (Wildman–Crippen MR) is 124 cm³/mol. The minimum absolute atomic E-state index is 0.112. The van der Waals surface area contributed by atoms with Crippen LogP contribution in [0.15, 0.2) is 42.1 Å². The largest absolute Gasteiger partial charge is 0.489 e. The first-order valence-electron chi connectivity index (χ1n) is 11.6. The molecule has 8 heteroatoms. The molecule has 1 saturated carbocycles. The molecule has 2 aromatic rings. The molecule has 0 amide bonds. The van der Waals surface area contributed by atoms with Gasteiger partial charge in [-0.3, -0.25) is 4.98 Å². The summed E-state index contributed by atoms with van der Waals surface area (Å²) in [6, 6.07) is 3.90. The Kier molecular flexibility index (Phi) is 6.37. The second kappa shape index (κ2) is 9.57. The molecule has 2 aliphatic carbocycles. The second-order valence-electron chi connectivity index (χ2n) is 8.80. The van der Waals surface area contributed by atoms with E-state index in [4.69, 9.17) is 24.7 Å². The highest BCUT2D eigenvalue weighted by Crippen LogP contribution is 2.48. The quantitative estimate of drug-likeness (QED) is 0.600. The van der Waals surface area contributed by atoms with Gasteiger partial charge in [-0.1, -0.05) is 12.5 Å². The molecule has 2 N–H and O–H groups in total. The van der Waals surface area contributed by atoms with Crippen LogP contribution in [-0.2, 0) is 0 Å². The van der Waals surface area contributed by atoms with Crippen molar-refractivity contribution in [1.29, 1.82) is 0 Å². The number of fused-ring (bicyclic) bond motifs is 3. The Bertz CT molecular complexity index is 1080. The lowest BCUT2D eigenvalue weighted by Crippen LogP contribution is -2.38. The maximum absolute atomic E-state index is 14.4. The average molecular weight is 456 g/mol. The first-order valence-corrected chi connectivity index (χ1v) is 11.6. The molecule has 1 aromatic heterocycles. The Balaban J connectivity index is 1.38. The van der Waals surface area contributed by atoms with E-state index in [0.717, 1.165) is 13.0 Å². The molecule has 33 heavy (non-hydrogen) atoms. The molecule has 176 valence electrons. The van der Waals surface area contributed by atoms with Gasteiger partial charge >= 0.3 is 0 Å². The first-order chi connectivity index (χ1) is 16.1. The number of aromatic nitrogens is 1. The maximum atomic E-state index is 14.4. The van der Waals surface area contributed by atoms with E-state index in [2.05, 4.69) is 16.9 Å². The van der Waals surface area contributed by atoms with Crippen LogP contribution in [0.4, 0.5) is 4.39 Å². The van der Waals surface area contributed by atoms with Crippen LogP contribution in [0, 0.1) is 0 Å². The lowest BCUT2D eigenvalue weighted by molar-refractivity contribution is 0.144. The van der Waals surface area contributed by atoms with Gasteiger partial charge in [-0.25, -0.2) is 4.39 Å². The van der Waals surface area contributed by atoms with Crippen LogP contribution in [0.2, 0.25) is 0 Å². The van der Waals surface area contributed by atoms with Crippen molar-refractivity contribution in [1.82, 2.24) is 9.88 Å². The van der Waals surface area contributed by atoms with Gasteiger partial charge in [0.15, 0.2) is 17.3 Å². The van der Waals surface area contributed by atoms with E-state index < -0.39 is 0 Å². The summed E-state index contributed by atoms with van der Waals surface area (Å²) in [6.07, 6.45) is 9.86. The van der Waals surface area contributed by atoms with E-state index in [1.165, 1.54) is 19.3 Å². The number of ether oxygens (including phenoxy) is 4. The molecule has 0 radical (unpaired) electrons. The Labute approximate surface area is 192 Å². The van der Waals surface area contributed by atoms with E-state index in [1.54, 1.807) is 24.4 Å². The Morgan fingerprint density at radius 1 is 1.21 bits per heavy atom. The van der Waals surface area contributed by atoms with Crippen molar-refractivity contribution >= 4 is 10.9 Å². The van der Waals surface area contributed by atoms with Crippen molar-refractivity contribution in [3.05, 3.63) is 42.1 Å². The van der Waals surface area contributed by atoms with Gasteiger partial charge in [0.25, 0.3) is 0 Å². The van der Waals surface area contributed by atoms with Crippen molar-refractivity contribution in [3.8, 4) is 23.0 Å². The summed E-state index contributed by atoms with van der Waals surface area (Å²) in [4.78, 5) is 6.89. The number of nitrogens with two attached hydrogens (primary N) is 1. The van der Waals surface area contributed by atoms with E-state index in [1.807, 2.05) is 6.07 Å². The highest BCUT2D eigenvalue weighted by atomic mass is 19.1. The number of rotatable bonds is 8. The average Bonchev–Trinajstić information content (AvgIpc) is 2.77. The van der Waals surface area contributed by atoms with Gasteiger partial charge in [-0.05, 0) is 38.5 Å². The molecule has 1 aromatic carbocycles. The summed E-state index contributed by atoms with van der Waals surface area (Å²) in [5.41, 5.74) is 6.43. The topological polar surface area (TPSA) is 79.1 Å². The number of halogens is 1. The van der Waals surface area contributed by atoms with Crippen molar-refractivity contribution in [2.45, 2.75) is 44.2 Å². The summed E-state index contributed by atoms with van der Waals surface area (Å²) in [5.74, 6) is 1.86. The number of pyridine rings is 1. The van der Waals surface area contributed by atoms with Crippen LogP contribution in [0.25, 0.3) is 10.9 Å². The Hall–Kier alpha value is -2.84. The van der Waals surface area contributed by atoms with Crippen molar-refractivity contribution in [2.75, 3.05) is 33.4 Å². The minimum Gasteiger partial charge on any atom is -0.489 e. The third-order valence-electron chi connectivity index (χ3n) is 6.45. The number of hydrogen-bond acceptors (Lipinski definition) is 7. The molecular weight excluding hydrogens is 425 g/mol. The molecule has 1 fully saturated rings. The van der Waals surface area contributed by atoms with Crippen LogP contribution in [-0.4, -0.2) is 55.4 Å². The van der Waals surface area contributed by atoms with Crippen LogP contribution < -0.4 is 24.7 Å². The van der Waals surface area contributed by atoms with Crippen LogP contribution >= 0.6 is 0 Å². The normalized spacial score (nSPS) is 20.3. The molecule has 2 heterocycles. The number of nitrogens with zero attached hydrogens (tertiary/aromatic N) is 2. The van der Waals surface area contributed by atoms with Gasteiger partial charge in [0.05, 0.1) is 17.5 Å². The van der Waals surface area contributed by atoms with Crippen molar-refractivity contribution < 1.29 is 23.3 Å². The molecular formula is C25H30FN3O4. The third kappa shape index (κ3) is 4.63. The number of benzene rings is 1. The van der Waals surface area contributed by atoms with Gasteiger partial charge in [-0.2, -0.15) is 0 Å². The summed E-state index contributed by atoms with van der Waals surface area (Å²) in [7, 11) is 2.18. The lowest BCUT2D eigenvalue weighted by Gasteiger charge is -2.34. The minimum atomic E-state index is -0.382. The van der Waals surface area contributed by atoms with Gasteiger partial charge < -0.3 is 29.6 Å². The first kappa shape index (κ1) is 22.0. The molecule has 5 rings (SSSR count). The van der Waals surface area contributed by atoms with E-state index in [0.29, 0.717) is 59.8 Å².